The summed E-state index contributed by atoms with van der Waals surface area (Å²) in [7, 11) is 0. The third kappa shape index (κ3) is 4.91. The van der Waals surface area contributed by atoms with E-state index in [9.17, 15) is 0 Å². The molecule has 0 fully saturated rings. The number of hydrogen-bond donors (Lipinski definition) is 3. The van der Waals surface area contributed by atoms with Crippen LogP contribution in [-0.4, -0.2) is 0 Å². The second-order valence-corrected chi connectivity index (χ2v) is 12.3. The Morgan fingerprint density at radius 1 is 0.511 bits per heavy atom. The highest BCUT2D eigenvalue weighted by Gasteiger charge is 2.33. The molecule has 0 spiro atoms. The lowest BCUT2D eigenvalue weighted by atomic mass is 9.95. The summed E-state index contributed by atoms with van der Waals surface area (Å²) in [5.74, 6) is 0. The number of hydrogen-bond acceptors (Lipinski definition) is 4. The number of benzene rings is 7. The highest BCUT2D eigenvalue weighted by atomic mass is 15.3. The molecular formula is C43H34N4. The number of fused-ring (bicyclic) bond motifs is 5. The molecule has 4 heteroatoms. The van der Waals surface area contributed by atoms with Crippen LogP contribution in [0.3, 0.4) is 0 Å². The summed E-state index contributed by atoms with van der Waals surface area (Å²) in [5, 5.41) is 16.6. The zero-order chi connectivity index (χ0) is 31.2. The van der Waals surface area contributed by atoms with E-state index in [-0.39, 0.29) is 18.4 Å². The van der Waals surface area contributed by atoms with E-state index in [1.807, 2.05) is 0 Å². The second-order valence-electron chi connectivity index (χ2n) is 12.3. The van der Waals surface area contributed by atoms with Gasteiger partial charge in [-0.15, -0.1) is 0 Å². The molecule has 0 radical (unpaired) electrons. The van der Waals surface area contributed by atoms with Gasteiger partial charge in [-0.2, -0.15) is 0 Å². The fourth-order valence-electron chi connectivity index (χ4n) is 7.23. The van der Waals surface area contributed by atoms with Gasteiger partial charge in [0.1, 0.15) is 12.3 Å². The minimum absolute atomic E-state index is 0.0236. The molecule has 0 aromatic heterocycles. The van der Waals surface area contributed by atoms with Crippen molar-refractivity contribution in [2.75, 3.05) is 10.2 Å². The van der Waals surface area contributed by atoms with E-state index in [2.05, 4.69) is 191 Å². The van der Waals surface area contributed by atoms with Crippen molar-refractivity contribution in [3.8, 4) is 0 Å². The molecule has 3 N–H and O–H groups in total. The molecule has 7 aromatic rings. The smallest absolute Gasteiger partial charge is 0.130 e. The first-order valence-corrected chi connectivity index (χ1v) is 16.3. The Kier molecular flexibility index (Phi) is 6.72. The van der Waals surface area contributed by atoms with Crippen LogP contribution in [0.5, 0.6) is 0 Å². The van der Waals surface area contributed by atoms with Crippen LogP contribution in [0.15, 0.2) is 170 Å². The van der Waals surface area contributed by atoms with Gasteiger partial charge in [-0.05, 0) is 68.8 Å². The molecule has 0 amide bonds. The van der Waals surface area contributed by atoms with Crippen LogP contribution < -0.4 is 20.9 Å². The molecule has 4 nitrogen and oxygen atoms in total. The average Bonchev–Trinajstić information content (AvgIpc) is 3.56. The van der Waals surface area contributed by atoms with E-state index >= 15 is 0 Å². The summed E-state index contributed by atoms with van der Waals surface area (Å²) < 4.78 is 0. The maximum absolute atomic E-state index is 3.90. The summed E-state index contributed by atoms with van der Waals surface area (Å²) in [4.78, 5) is 2.47. The number of rotatable bonds is 5. The molecule has 9 rings (SSSR count). The topological polar surface area (TPSA) is 39.3 Å². The van der Waals surface area contributed by atoms with E-state index < -0.39 is 0 Å². The lowest BCUT2D eigenvalue weighted by Crippen LogP contribution is -2.39. The Hall–Kier alpha value is -5.84. The highest BCUT2D eigenvalue weighted by molar-refractivity contribution is 6.18. The predicted octanol–water partition coefficient (Wildman–Crippen LogP) is 10.2. The zero-order valence-corrected chi connectivity index (χ0v) is 25.8. The van der Waals surface area contributed by atoms with Crippen molar-refractivity contribution in [1.29, 1.82) is 0 Å². The first-order valence-electron chi connectivity index (χ1n) is 16.3. The fourth-order valence-corrected chi connectivity index (χ4v) is 7.23. The van der Waals surface area contributed by atoms with E-state index in [1.165, 1.54) is 49.5 Å². The molecule has 2 aliphatic heterocycles. The Balaban J connectivity index is 1.21. The lowest BCUT2D eigenvalue weighted by Gasteiger charge is -2.33. The number of para-hydroxylation sites is 1. The van der Waals surface area contributed by atoms with Crippen LogP contribution in [-0.2, 0) is 0 Å². The standard InChI is InChI=1S/C43H34N4/c1-5-13-30(14-6-1)38-28-39(31-15-7-2-8-16-31)45-42(44-38)34-24-22-29-21-23-32-25-26-37-41(40(32)36(29)27-34)47(35-19-11-4-12-20-35)43(46-37)33-17-9-3-10-18-33/h1-28,38,42-46H. The Bertz CT molecular complexity index is 2230. The van der Waals surface area contributed by atoms with Gasteiger partial charge in [0.15, 0.2) is 0 Å². The van der Waals surface area contributed by atoms with Crippen LogP contribution >= 0.6 is 0 Å². The predicted molar refractivity (Wildman–Crippen MR) is 195 cm³/mol. The molecule has 2 heterocycles. The first-order chi connectivity index (χ1) is 23.3. The summed E-state index contributed by atoms with van der Waals surface area (Å²) in [5.41, 5.74) is 9.49. The zero-order valence-electron chi connectivity index (χ0n) is 25.8. The van der Waals surface area contributed by atoms with Crippen LogP contribution in [0.1, 0.15) is 40.6 Å². The summed E-state index contributed by atoms with van der Waals surface area (Å²) in [6, 6.07) is 58.8. The van der Waals surface area contributed by atoms with Crippen LogP contribution in [0, 0.1) is 0 Å². The highest BCUT2D eigenvalue weighted by Crippen LogP contribution is 2.51. The normalized spacial score (nSPS) is 18.8. The van der Waals surface area contributed by atoms with Gasteiger partial charge in [-0.3, -0.25) is 5.32 Å². The van der Waals surface area contributed by atoms with E-state index in [4.69, 9.17) is 0 Å². The minimum Gasteiger partial charge on any atom is -0.366 e. The Labute approximate surface area is 275 Å². The van der Waals surface area contributed by atoms with Crippen LogP contribution in [0.4, 0.5) is 17.1 Å². The van der Waals surface area contributed by atoms with Crippen LogP contribution in [0.25, 0.3) is 27.2 Å². The molecule has 3 atom stereocenters. The van der Waals surface area contributed by atoms with Gasteiger partial charge in [0.2, 0.25) is 0 Å². The average molecular weight is 607 g/mol. The van der Waals surface area contributed by atoms with Crippen molar-refractivity contribution in [3.05, 3.63) is 192 Å². The summed E-state index contributed by atoms with van der Waals surface area (Å²) in [6.07, 6.45) is 2.19. The molecule has 2 aliphatic rings. The van der Waals surface area contributed by atoms with Gasteiger partial charge in [0.25, 0.3) is 0 Å². The van der Waals surface area contributed by atoms with E-state index in [1.54, 1.807) is 0 Å². The third-order valence-corrected chi connectivity index (χ3v) is 9.50. The van der Waals surface area contributed by atoms with Crippen molar-refractivity contribution in [3.63, 3.8) is 0 Å². The van der Waals surface area contributed by atoms with Crippen molar-refractivity contribution in [1.82, 2.24) is 10.6 Å². The molecule has 7 aromatic carbocycles. The molecule has 3 unspecified atom stereocenters. The molecular weight excluding hydrogens is 573 g/mol. The molecule has 0 aliphatic carbocycles. The lowest BCUT2D eigenvalue weighted by molar-refractivity contribution is 0.443. The number of nitrogens with zero attached hydrogens (tertiary/aromatic N) is 1. The Morgan fingerprint density at radius 2 is 1.13 bits per heavy atom. The first kappa shape index (κ1) is 27.5. The van der Waals surface area contributed by atoms with Crippen molar-refractivity contribution >= 4 is 44.3 Å². The SMILES string of the molecule is C1=C(c2ccccc2)NC(c2ccc3ccc4ccc5c(c4c3c2)N(c2ccccc2)C(c2ccccc2)N5)NC1c1ccccc1. The van der Waals surface area contributed by atoms with Gasteiger partial charge < -0.3 is 15.5 Å². The van der Waals surface area contributed by atoms with E-state index in [0.717, 1.165) is 17.1 Å². The number of anilines is 3. The maximum atomic E-state index is 3.90. The fraction of sp³-hybridized carbons (Fsp3) is 0.0698. The van der Waals surface area contributed by atoms with Crippen molar-refractivity contribution < 1.29 is 0 Å². The van der Waals surface area contributed by atoms with Crippen LogP contribution in [0.2, 0.25) is 0 Å². The molecule has 226 valence electrons. The largest absolute Gasteiger partial charge is 0.366 e. The minimum atomic E-state index is -0.0859. The summed E-state index contributed by atoms with van der Waals surface area (Å²) >= 11 is 0. The number of nitrogens with one attached hydrogen (secondary N) is 3. The quantitative estimate of drug-likeness (QED) is 0.171. The molecule has 0 bridgehead atoms. The molecule has 0 saturated carbocycles. The molecule has 47 heavy (non-hydrogen) atoms. The van der Waals surface area contributed by atoms with Crippen molar-refractivity contribution in [2.45, 2.75) is 18.4 Å². The Morgan fingerprint density at radius 3 is 1.87 bits per heavy atom. The monoisotopic (exact) mass is 606 g/mol. The third-order valence-electron chi connectivity index (χ3n) is 9.50. The van der Waals surface area contributed by atoms with Gasteiger partial charge in [0, 0.05) is 16.8 Å². The van der Waals surface area contributed by atoms with Gasteiger partial charge in [0.05, 0.1) is 17.4 Å². The molecule has 0 saturated heterocycles. The van der Waals surface area contributed by atoms with Crippen molar-refractivity contribution in [2.24, 2.45) is 0 Å². The second kappa shape index (κ2) is 11.5. The maximum Gasteiger partial charge on any atom is 0.130 e. The van der Waals surface area contributed by atoms with E-state index in [0.29, 0.717) is 0 Å². The van der Waals surface area contributed by atoms with Gasteiger partial charge in [-0.1, -0.05) is 140 Å². The van der Waals surface area contributed by atoms with Gasteiger partial charge >= 0.3 is 0 Å². The summed E-state index contributed by atoms with van der Waals surface area (Å²) in [6.45, 7) is 0. The van der Waals surface area contributed by atoms with Gasteiger partial charge in [-0.25, -0.2) is 0 Å².